The van der Waals surface area contributed by atoms with Gasteiger partial charge in [0.15, 0.2) is 0 Å². The van der Waals surface area contributed by atoms with E-state index in [2.05, 4.69) is 11.9 Å². The standard InChI is InChI=1S/C11H13N2O/c1-8-6-10(14)13(2)11(8)9-4-3-5-12-7-9/h3-5,7-8,11H,1,6H2,2H3. The third-order valence-corrected chi connectivity index (χ3v) is 2.72. The first-order chi connectivity index (χ1) is 6.70. The van der Waals surface area contributed by atoms with Crippen LogP contribution in [0.5, 0.6) is 0 Å². The second-order valence-corrected chi connectivity index (χ2v) is 3.70. The Morgan fingerprint density at radius 1 is 1.64 bits per heavy atom. The molecular weight excluding hydrogens is 176 g/mol. The van der Waals surface area contributed by atoms with Crippen LogP contribution in [-0.2, 0) is 4.79 Å². The Hall–Kier alpha value is -1.38. The zero-order chi connectivity index (χ0) is 10.1. The van der Waals surface area contributed by atoms with E-state index in [4.69, 9.17) is 0 Å². The topological polar surface area (TPSA) is 33.2 Å². The molecule has 0 spiro atoms. The van der Waals surface area contributed by atoms with Gasteiger partial charge in [0.05, 0.1) is 6.04 Å². The highest BCUT2D eigenvalue weighted by molar-refractivity contribution is 5.79. The Kier molecular flexibility index (Phi) is 2.23. The van der Waals surface area contributed by atoms with Gasteiger partial charge in [-0.25, -0.2) is 0 Å². The molecule has 1 saturated heterocycles. The minimum absolute atomic E-state index is 0.0937. The lowest BCUT2D eigenvalue weighted by molar-refractivity contribution is -0.127. The first kappa shape index (κ1) is 9.19. The molecule has 3 nitrogen and oxygen atoms in total. The van der Waals surface area contributed by atoms with Gasteiger partial charge in [0.2, 0.25) is 5.91 Å². The number of rotatable bonds is 1. The van der Waals surface area contributed by atoms with Gasteiger partial charge in [0.25, 0.3) is 0 Å². The summed E-state index contributed by atoms with van der Waals surface area (Å²) in [6.07, 6.45) is 4.08. The number of carbonyl (C=O) groups excluding carboxylic acids is 1. The predicted octanol–water partition coefficient (Wildman–Crippen LogP) is 1.44. The van der Waals surface area contributed by atoms with Crippen LogP contribution >= 0.6 is 0 Å². The van der Waals surface area contributed by atoms with Crippen molar-refractivity contribution in [3.63, 3.8) is 0 Å². The van der Waals surface area contributed by atoms with Crippen LogP contribution in [0.2, 0.25) is 0 Å². The monoisotopic (exact) mass is 189 g/mol. The Balaban J connectivity index is 2.31. The maximum atomic E-state index is 11.4. The minimum Gasteiger partial charge on any atom is -0.338 e. The summed E-state index contributed by atoms with van der Waals surface area (Å²) >= 11 is 0. The highest BCUT2D eigenvalue weighted by Crippen LogP contribution is 2.35. The van der Waals surface area contributed by atoms with Crippen LogP contribution in [0.4, 0.5) is 0 Å². The van der Waals surface area contributed by atoms with Gasteiger partial charge in [-0.05, 0) is 24.5 Å². The molecule has 73 valence electrons. The molecule has 1 aromatic heterocycles. The normalized spacial score (nSPS) is 27.0. The number of pyridine rings is 1. The highest BCUT2D eigenvalue weighted by atomic mass is 16.2. The summed E-state index contributed by atoms with van der Waals surface area (Å²) in [4.78, 5) is 17.2. The van der Waals surface area contributed by atoms with Gasteiger partial charge in [-0.2, -0.15) is 0 Å². The summed E-state index contributed by atoms with van der Waals surface area (Å²) in [7, 11) is 1.82. The Morgan fingerprint density at radius 3 is 2.93 bits per heavy atom. The number of hydrogen-bond donors (Lipinski definition) is 0. The molecule has 0 saturated carbocycles. The van der Waals surface area contributed by atoms with Crippen molar-refractivity contribution in [3.05, 3.63) is 37.0 Å². The molecule has 3 heteroatoms. The molecule has 0 aromatic carbocycles. The fraction of sp³-hybridized carbons (Fsp3) is 0.364. The van der Waals surface area contributed by atoms with Crippen molar-refractivity contribution in [1.82, 2.24) is 9.88 Å². The van der Waals surface area contributed by atoms with Gasteiger partial charge in [-0.15, -0.1) is 0 Å². The molecule has 1 aliphatic rings. The van der Waals surface area contributed by atoms with Crippen molar-refractivity contribution in [2.45, 2.75) is 12.5 Å². The molecule has 0 N–H and O–H groups in total. The van der Waals surface area contributed by atoms with E-state index >= 15 is 0 Å². The molecule has 2 rings (SSSR count). The molecule has 1 amide bonds. The average molecular weight is 189 g/mol. The number of likely N-dealkylation sites (tertiary alicyclic amines) is 1. The first-order valence-corrected chi connectivity index (χ1v) is 4.69. The number of amides is 1. The number of hydrogen-bond acceptors (Lipinski definition) is 2. The highest BCUT2D eigenvalue weighted by Gasteiger charge is 2.35. The van der Waals surface area contributed by atoms with E-state index in [-0.39, 0.29) is 17.9 Å². The van der Waals surface area contributed by atoms with Crippen LogP contribution in [0.1, 0.15) is 18.0 Å². The third-order valence-electron chi connectivity index (χ3n) is 2.72. The van der Waals surface area contributed by atoms with Gasteiger partial charge >= 0.3 is 0 Å². The molecular formula is C11H13N2O. The van der Waals surface area contributed by atoms with E-state index in [9.17, 15) is 4.79 Å². The van der Waals surface area contributed by atoms with Crippen molar-refractivity contribution < 1.29 is 4.79 Å². The summed E-state index contributed by atoms with van der Waals surface area (Å²) in [6, 6.07) is 3.97. The summed E-state index contributed by atoms with van der Waals surface area (Å²) in [6.45, 7) is 4.01. The fourth-order valence-corrected chi connectivity index (χ4v) is 2.00. The third kappa shape index (κ3) is 1.39. The Bertz CT molecular complexity index is 336. The second kappa shape index (κ2) is 3.40. The number of aromatic nitrogens is 1. The first-order valence-electron chi connectivity index (χ1n) is 4.69. The van der Waals surface area contributed by atoms with E-state index in [1.807, 2.05) is 19.2 Å². The maximum Gasteiger partial charge on any atom is 0.223 e. The van der Waals surface area contributed by atoms with Crippen LogP contribution in [0.15, 0.2) is 24.5 Å². The molecule has 14 heavy (non-hydrogen) atoms. The van der Waals surface area contributed by atoms with E-state index in [1.54, 1.807) is 17.3 Å². The van der Waals surface area contributed by atoms with Crippen molar-refractivity contribution in [2.24, 2.45) is 5.92 Å². The van der Waals surface area contributed by atoms with Gasteiger partial charge in [-0.3, -0.25) is 9.78 Å². The lowest BCUT2D eigenvalue weighted by atomic mass is 9.97. The molecule has 2 heterocycles. The van der Waals surface area contributed by atoms with E-state index in [0.717, 1.165) is 5.56 Å². The number of nitrogens with zero attached hydrogens (tertiary/aromatic N) is 2. The summed E-state index contributed by atoms with van der Waals surface area (Å²) < 4.78 is 0. The zero-order valence-electron chi connectivity index (χ0n) is 8.18. The molecule has 2 atom stereocenters. The van der Waals surface area contributed by atoms with Crippen LogP contribution in [-0.4, -0.2) is 22.8 Å². The molecule has 0 bridgehead atoms. The van der Waals surface area contributed by atoms with Crippen molar-refractivity contribution >= 4 is 5.91 Å². The van der Waals surface area contributed by atoms with E-state index in [1.165, 1.54) is 0 Å². The minimum atomic E-state index is 0.0937. The fourth-order valence-electron chi connectivity index (χ4n) is 2.00. The molecule has 1 fully saturated rings. The predicted molar refractivity (Wildman–Crippen MR) is 53.2 cm³/mol. The van der Waals surface area contributed by atoms with Crippen LogP contribution in [0.25, 0.3) is 0 Å². The SMILES string of the molecule is [CH2]C1CC(=O)N(C)C1c1cccnc1. The van der Waals surface area contributed by atoms with Gasteiger partial charge in [-0.1, -0.05) is 6.07 Å². The largest absolute Gasteiger partial charge is 0.338 e. The second-order valence-electron chi connectivity index (χ2n) is 3.70. The van der Waals surface area contributed by atoms with E-state index < -0.39 is 0 Å². The lowest BCUT2D eigenvalue weighted by Gasteiger charge is -2.22. The number of carbonyl (C=O) groups is 1. The molecule has 0 aliphatic carbocycles. The Morgan fingerprint density at radius 2 is 2.43 bits per heavy atom. The molecule has 1 radical (unpaired) electrons. The summed E-state index contributed by atoms with van der Waals surface area (Å²) in [5.74, 6) is 0.301. The van der Waals surface area contributed by atoms with Gasteiger partial charge < -0.3 is 4.90 Å². The molecule has 2 unspecified atom stereocenters. The van der Waals surface area contributed by atoms with Crippen molar-refractivity contribution in [2.75, 3.05) is 7.05 Å². The molecule has 1 aliphatic heterocycles. The summed E-state index contributed by atoms with van der Waals surface area (Å²) in [5.41, 5.74) is 1.07. The van der Waals surface area contributed by atoms with Crippen molar-refractivity contribution in [1.29, 1.82) is 0 Å². The Labute approximate surface area is 83.8 Å². The lowest BCUT2D eigenvalue weighted by Crippen LogP contribution is -2.23. The van der Waals surface area contributed by atoms with E-state index in [0.29, 0.717) is 6.42 Å². The molecule has 1 aromatic rings. The quantitative estimate of drug-likeness (QED) is 0.669. The summed E-state index contributed by atoms with van der Waals surface area (Å²) in [5, 5.41) is 0. The van der Waals surface area contributed by atoms with Gasteiger partial charge in [0.1, 0.15) is 0 Å². The maximum absolute atomic E-state index is 11.4. The van der Waals surface area contributed by atoms with Crippen LogP contribution in [0, 0.1) is 12.8 Å². The van der Waals surface area contributed by atoms with Crippen LogP contribution < -0.4 is 0 Å². The van der Waals surface area contributed by atoms with Crippen LogP contribution in [0.3, 0.4) is 0 Å². The van der Waals surface area contributed by atoms with Gasteiger partial charge in [0, 0.05) is 25.9 Å². The van der Waals surface area contributed by atoms with Crippen molar-refractivity contribution in [3.8, 4) is 0 Å². The average Bonchev–Trinajstić information content (AvgIpc) is 2.43. The zero-order valence-corrected chi connectivity index (χ0v) is 8.18. The smallest absolute Gasteiger partial charge is 0.223 e.